The Bertz CT molecular complexity index is 705. The Morgan fingerprint density at radius 2 is 1.77 bits per heavy atom. The molecule has 0 unspecified atom stereocenters. The Morgan fingerprint density at radius 1 is 1.09 bits per heavy atom. The highest BCUT2D eigenvalue weighted by molar-refractivity contribution is 6.30. The fourth-order valence-corrected chi connectivity index (χ4v) is 2.21. The number of rotatable bonds is 5. The van der Waals surface area contributed by atoms with E-state index in [9.17, 15) is 9.90 Å². The first kappa shape index (κ1) is 15.9. The van der Waals surface area contributed by atoms with Gasteiger partial charge in [-0.2, -0.15) is 0 Å². The van der Waals surface area contributed by atoms with E-state index in [2.05, 4.69) is 0 Å². The SMILES string of the molecule is COc1cccc(/C=C(\C(=O)O)c2ccc(Cl)cc2)c1OC. The minimum atomic E-state index is -1.04. The molecule has 0 atom stereocenters. The van der Waals surface area contributed by atoms with Gasteiger partial charge in [0.15, 0.2) is 11.5 Å². The van der Waals surface area contributed by atoms with Crippen molar-refractivity contribution in [3.63, 3.8) is 0 Å². The average Bonchev–Trinajstić information content (AvgIpc) is 2.52. The first-order valence-electron chi connectivity index (χ1n) is 6.48. The topological polar surface area (TPSA) is 55.8 Å². The molecule has 2 rings (SSSR count). The van der Waals surface area contributed by atoms with E-state index in [0.29, 0.717) is 27.6 Å². The zero-order valence-corrected chi connectivity index (χ0v) is 12.9. The van der Waals surface area contributed by atoms with Gasteiger partial charge in [-0.3, -0.25) is 0 Å². The normalized spacial score (nSPS) is 11.1. The van der Waals surface area contributed by atoms with Gasteiger partial charge < -0.3 is 14.6 Å². The predicted octanol–water partition coefficient (Wildman–Crippen LogP) is 3.98. The quantitative estimate of drug-likeness (QED) is 0.669. The Labute approximate surface area is 133 Å². The predicted molar refractivity (Wildman–Crippen MR) is 86.5 cm³/mol. The number of hydrogen-bond acceptors (Lipinski definition) is 3. The highest BCUT2D eigenvalue weighted by Crippen LogP contribution is 2.33. The van der Waals surface area contributed by atoms with Gasteiger partial charge in [-0.15, -0.1) is 0 Å². The van der Waals surface area contributed by atoms with Crippen molar-refractivity contribution < 1.29 is 19.4 Å². The molecule has 0 saturated heterocycles. The molecule has 2 aromatic rings. The van der Waals surface area contributed by atoms with Crippen LogP contribution in [0.25, 0.3) is 11.6 Å². The van der Waals surface area contributed by atoms with Gasteiger partial charge in [-0.05, 0) is 29.8 Å². The molecule has 0 fully saturated rings. The Balaban J connectivity index is 2.56. The second kappa shape index (κ2) is 7.00. The molecule has 0 aliphatic carbocycles. The number of hydrogen-bond donors (Lipinski definition) is 1. The van der Waals surface area contributed by atoms with Gasteiger partial charge in [0.1, 0.15) is 0 Å². The van der Waals surface area contributed by atoms with Gasteiger partial charge in [0, 0.05) is 10.6 Å². The highest BCUT2D eigenvalue weighted by atomic mass is 35.5. The number of ether oxygens (including phenoxy) is 2. The number of para-hydroxylation sites is 1. The minimum Gasteiger partial charge on any atom is -0.493 e. The molecule has 2 aromatic carbocycles. The van der Waals surface area contributed by atoms with Crippen LogP contribution in [0.4, 0.5) is 0 Å². The number of aliphatic carboxylic acids is 1. The van der Waals surface area contributed by atoms with Gasteiger partial charge in [-0.1, -0.05) is 35.9 Å². The Morgan fingerprint density at radius 3 is 2.32 bits per heavy atom. The summed E-state index contributed by atoms with van der Waals surface area (Å²) in [6.07, 6.45) is 1.55. The summed E-state index contributed by atoms with van der Waals surface area (Å²) in [5.41, 5.74) is 1.32. The van der Waals surface area contributed by atoms with Crippen LogP contribution in [0.3, 0.4) is 0 Å². The Kier molecular flexibility index (Phi) is 5.07. The lowest BCUT2D eigenvalue weighted by molar-refractivity contribution is -0.130. The van der Waals surface area contributed by atoms with E-state index in [4.69, 9.17) is 21.1 Å². The van der Waals surface area contributed by atoms with E-state index >= 15 is 0 Å². The zero-order chi connectivity index (χ0) is 16.1. The van der Waals surface area contributed by atoms with E-state index in [-0.39, 0.29) is 5.57 Å². The third kappa shape index (κ3) is 3.40. The molecule has 0 aliphatic rings. The third-order valence-corrected chi connectivity index (χ3v) is 3.37. The summed E-state index contributed by atoms with van der Waals surface area (Å²) in [4.78, 5) is 11.6. The first-order valence-corrected chi connectivity index (χ1v) is 6.86. The van der Waals surface area contributed by atoms with Crippen LogP contribution in [0.2, 0.25) is 5.02 Å². The van der Waals surface area contributed by atoms with E-state index in [0.717, 1.165) is 0 Å². The number of benzene rings is 2. The zero-order valence-electron chi connectivity index (χ0n) is 12.2. The molecule has 0 bridgehead atoms. The molecule has 5 heteroatoms. The monoisotopic (exact) mass is 318 g/mol. The van der Waals surface area contributed by atoms with Crippen molar-refractivity contribution in [3.05, 3.63) is 58.6 Å². The number of methoxy groups -OCH3 is 2. The lowest BCUT2D eigenvalue weighted by Crippen LogP contribution is -2.00. The van der Waals surface area contributed by atoms with Crippen molar-refractivity contribution >= 4 is 29.2 Å². The molecule has 0 spiro atoms. The molecule has 0 aromatic heterocycles. The first-order chi connectivity index (χ1) is 10.6. The van der Waals surface area contributed by atoms with Crippen LogP contribution in [0, 0.1) is 0 Å². The lowest BCUT2D eigenvalue weighted by Gasteiger charge is -2.11. The molecule has 0 aliphatic heterocycles. The molecular formula is C17H15ClO4. The summed E-state index contributed by atoms with van der Waals surface area (Å²) in [6, 6.07) is 11.9. The molecule has 114 valence electrons. The van der Waals surface area contributed by atoms with Crippen LogP contribution in [0.1, 0.15) is 11.1 Å². The van der Waals surface area contributed by atoms with Gasteiger partial charge >= 0.3 is 5.97 Å². The fraction of sp³-hybridized carbons (Fsp3) is 0.118. The van der Waals surface area contributed by atoms with Crippen molar-refractivity contribution in [2.24, 2.45) is 0 Å². The highest BCUT2D eigenvalue weighted by Gasteiger charge is 2.14. The number of carboxylic acid groups (broad SMARTS) is 1. The largest absolute Gasteiger partial charge is 0.493 e. The maximum Gasteiger partial charge on any atom is 0.336 e. The molecule has 0 amide bonds. The second-order valence-electron chi connectivity index (χ2n) is 4.45. The maximum absolute atomic E-state index is 11.6. The fourth-order valence-electron chi connectivity index (χ4n) is 2.08. The molecule has 22 heavy (non-hydrogen) atoms. The minimum absolute atomic E-state index is 0.142. The van der Waals surface area contributed by atoms with Gasteiger partial charge in [0.25, 0.3) is 0 Å². The van der Waals surface area contributed by atoms with Crippen molar-refractivity contribution in [3.8, 4) is 11.5 Å². The van der Waals surface area contributed by atoms with E-state index in [1.165, 1.54) is 14.2 Å². The summed E-state index contributed by atoms with van der Waals surface area (Å²) >= 11 is 5.84. The van der Waals surface area contributed by atoms with Crippen LogP contribution in [0.15, 0.2) is 42.5 Å². The van der Waals surface area contributed by atoms with Gasteiger partial charge in [-0.25, -0.2) is 4.79 Å². The summed E-state index contributed by atoms with van der Waals surface area (Å²) in [6.45, 7) is 0. The second-order valence-corrected chi connectivity index (χ2v) is 4.89. The van der Waals surface area contributed by atoms with Crippen LogP contribution >= 0.6 is 11.6 Å². The van der Waals surface area contributed by atoms with Crippen LogP contribution in [0.5, 0.6) is 11.5 Å². The standard InChI is InChI=1S/C17H15ClO4/c1-21-15-5-3-4-12(16(15)22-2)10-14(17(19)20)11-6-8-13(18)9-7-11/h3-10H,1-2H3,(H,19,20)/b14-10-. The van der Waals surface area contributed by atoms with Crippen LogP contribution in [-0.2, 0) is 4.79 Å². The lowest BCUT2D eigenvalue weighted by atomic mass is 10.0. The summed E-state index contributed by atoms with van der Waals surface area (Å²) in [7, 11) is 3.04. The number of carbonyl (C=O) groups is 1. The van der Waals surface area contributed by atoms with E-state index in [1.807, 2.05) is 0 Å². The average molecular weight is 319 g/mol. The summed E-state index contributed by atoms with van der Waals surface area (Å²) in [5, 5.41) is 10.0. The van der Waals surface area contributed by atoms with Gasteiger partial charge in [0.05, 0.1) is 19.8 Å². The molecule has 0 saturated carbocycles. The van der Waals surface area contributed by atoms with E-state index < -0.39 is 5.97 Å². The van der Waals surface area contributed by atoms with Crippen LogP contribution < -0.4 is 9.47 Å². The number of halogens is 1. The molecule has 0 radical (unpaired) electrons. The van der Waals surface area contributed by atoms with Gasteiger partial charge in [0.2, 0.25) is 0 Å². The Hall–Kier alpha value is -2.46. The van der Waals surface area contributed by atoms with Crippen molar-refractivity contribution in [1.29, 1.82) is 0 Å². The smallest absolute Gasteiger partial charge is 0.336 e. The van der Waals surface area contributed by atoms with Crippen molar-refractivity contribution in [1.82, 2.24) is 0 Å². The molecule has 0 heterocycles. The summed E-state index contributed by atoms with van der Waals surface area (Å²) < 4.78 is 10.5. The maximum atomic E-state index is 11.6. The van der Waals surface area contributed by atoms with Crippen LogP contribution in [-0.4, -0.2) is 25.3 Å². The van der Waals surface area contributed by atoms with E-state index in [1.54, 1.807) is 48.5 Å². The third-order valence-electron chi connectivity index (χ3n) is 3.12. The van der Waals surface area contributed by atoms with Crippen molar-refractivity contribution in [2.75, 3.05) is 14.2 Å². The molecular weight excluding hydrogens is 304 g/mol. The number of carboxylic acids is 1. The summed E-state index contributed by atoms with van der Waals surface area (Å²) in [5.74, 6) is -0.0120. The molecule has 4 nitrogen and oxygen atoms in total. The van der Waals surface area contributed by atoms with Crippen molar-refractivity contribution in [2.45, 2.75) is 0 Å². The molecule has 1 N–H and O–H groups in total.